The molecule has 32 nitrogen and oxygen atoms in total. The van der Waals surface area contributed by atoms with Crippen molar-refractivity contribution < 1.29 is 112 Å². The number of carboxylic acid groups (broad SMARTS) is 4. The summed E-state index contributed by atoms with van der Waals surface area (Å²) in [4.78, 5) is 137. The molecule has 1 aliphatic rings. The summed E-state index contributed by atoms with van der Waals surface area (Å²) in [6.07, 6.45) is -13.7. The molecule has 7 amide bonds. The number of hydrogen-bond acceptors (Lipinski definition) is 20. The average molecular weight is 1050 g/mol. The van der Waals surface area contributed by atoms with E-state index in [1.165, 1.54) is 20.8 Å². The minimum atomic E-state index is -2.19. The van der Waals surface area contributed by atoms with Gasteiger partial charge in [-0.15, -0.1) is 0 Å². The van der Waals surface area contributed by atoms with E-state index in [1.807, 2.05) is 5.32 Å². The molecule has 0 aromatic heterocycles. The van der Waals surface area contributed by atoms with Crippen molar-refractivity contribution in [3.8, 4) is 0 Å². The van der Waals surface area contributed by atoms with Gasteiger partial charge in [0.25, 0.3) is 5.91 Å². The minimum absolute atomic E-state index is 0.0109. The maximum absolute atomic E-state index is 13.7. The van der Waals surface area contributed by atoms with E-state index < -0.39 is 171 Å². The molecule has 1 aliphatic heterocycles. The Kier molecular flexibility index (Phi) is 30.7. The van der Waals surface area contributed by atoms with Crippen molar-refractivity contribution in [2.45, 2.75) is 114 Å². The van der Waals surface area contributed by atoms with Gasteiger partial charge in [-0.2, -0.15) is 0 Å². The van der Waals surface area contributed by atoms with Crippen LogP contribution in [0.3, 0.4) is 0 Å². The van der Waals surface area contributed by atoms with E-state index >= 15 is 0 Å². The van der Waals surface area contributed by atoms with Gasteiger partial charge >= 0.3 is 23.9 Å². The van der Waals surface area contributed by atoms with Crippen LogP contribution in [-0.4, -0.2) is 234 Å². The molecule has 0 aromatic rings. The number of aliphatic hydroxyl groups is 3. The Morgan fingerprint density at radius 3 is 1.56 bits per heavy atom. The molecule has 0 saturated carbocycles. The van der Waals surface area contributed by atoms with Crippen molar-refractivity contribution in [3.05, 3.63) is 5.53 Å². The van der Waals surface area contributed by atoms with Gasteiger partial charge in [0, 0.05) is 19.5 Å². The third-order valence-electron chi connectivity index (χ3n) is 10.1. The number of aliphatic hydroxyl groups excluding tert-OH is 3. The summed E-state index contributed by atoms with van der Waals surface area (Å²) in [5, 5.41) is 86.4. The van der Waals surface area contributed by atoms with Crippen molar-refractivity contribution in [1.29, 1.82) is 0 Å². The first-order valence-electron chi connectivity index (χ1n) is 22.6. The van der Waals surface area contributed by atoms with Gasteiger partial charge in [-0.3, -0.25) is 52.7 Å². The van der Waals surface area contributed by atoms with Crippen molar-refractivity contribution >= 4 is 65.2 Å². The fourth-order valence-corrected chi connectivity index (χ4v) is 6.25. The number of aliphatic carboxylic acids is 4. The number of hydrogen-bond donors (Lipinski definition) is 14. The maximum Gasteiger partial charge on any atom is 0.305 e. The lowest BCUT2D eigenvalue weighted by molar-refractivity contribution is -0.219. The summed E-state index contributed by atoms with van der Waals surface area (Å²) in [6.45, 7) is 4.19. The van der Waals surface area contributed by atoms with Crippen molar-refractivity contribution in [3.63, 3.8) is 0 Å². The zero-order valence-electron chi connectivity index (χ0n) is 40.2. The predicted octanol–water partition coefficient (Wildman–Crippen LogP) is -6.45. The molecule has 1 fully saturated rings. The molecule has 1 heterocycles. The van der Waals surface area contributed by atoms with Crippen LogP contribution >= 0.6 is 0 Å². The van der Waals surface area contributed by atoms with Gasteiger partial charge in [-0.05, 0) is 19.3 Å². The van der Waals surface area contributed by atoms with E-state index in [9.17, 15) is 83.4 Å². The van der Waals surface area contributed by atoms with Crippen LogP contribution in [-0.2, 0) is 76.4 Å². The summed E-state index contributed by atoms with van der Waals surface area (Å²) < 4.78 is 26.4. The normalized spacial score (nSPS) is 19.4. The Bertz CT molecular complexity index is 1880. The molecular formula is C41H66N9O23-. The number of amides is 7. The number of nitrogens with zero attached hydrogens (tertiary/aromatic N) is 2. The van der Waals surface area contributed by atoms with Gasteiger partial charge in [0.1, 0.15) is 54.6 Å². The van der Waals surface area contributed by atoms with Gasteiger partial charge < -0.3 is 107 Å². The van der Waals surface area contributed by atoms with E-state index in [0.29, 0.717) is 0 Å². The van der Waals surface area contributed by atoms with Gasteiger partial charge in [0.15, 0.2) is 6.10 Å². The summed E-state index contributed by atoms with van der Waals surface area (Å²) in [5.74, 6) is -14.5. The van der Waals surface area contributed by atoms with Crippen LogP contribution < -0.4 is 37.2 Å². The highest BCUT2D eigenvalue weighted by atomic mass is 16.6. The average Bonchev–Trinajstić information content (AvgIpc) is 3.30. The molecule has 414 valence electrons. The Balaban J connectivity index is 2.94. The van der Waals surface area contributed by atoms with Crippen LogP contribution in [0.15, 0.2) is 5.11 Å². The van der Waals surface area contributed by atoms with E-state index in [0.717, 1.165) is 0 Å². The number of rotatable bonds is 38. The van der Waals surface area contributed by atoms with E-state index in [-0.39, 0.29) is 65.8 Å². The lowest BCUT2D eigenvalue weighted by atomic mass is 9.94. The van der Waals surface area contributed by atoms with Crippen molar-refractivity contribution in [2.75, 3.05) is 72.5 Å². The first-order valence-corrected chi connectivity index (χ1v) is 22.6. The summed E-state index contributed by atoms with van der Waals surface area (Å²) in [7, 11) is 0. The molecule has 0 aliphatic carbocycles. The first-order chi connectivity index (χ1) is 34.4. The second kappa shape index (κ2) is 34.8. The standard InChI is InChI=1S/C41H66N9O23/c1-20(2)31(40(67)48-23(16-29(56)57)38(65)46-21(3)36(63)43-7-9-70-11-13-72-15-14-71-12-10-69-8-6-28(54)55)50-37(64)22(4-5-27(52)53)47-39(66)24(17-30(58)59)49-41(68)35-34(62)33(61)32(60)25(73-35)18-44-26(51)19-45-42/h20-25,31-35,60-62H,4-19H2,1-3H3,(H,43,63)(H,44,51)(H,46,65)(H,47,66)(H,48,67)(H,49,68)(H,50,64)(H,52,53)(H,54,55)(H,56,57)(H,58,59)/q-1/t21-,22-,23-,24-,25?,31-,32?,33?,34?,35?/m0/s1. The lowest BCUT2D eigenvalue weighted by Crippen LogP contribution is -2.65. The number of nitrogens with one attached hydrogen (secondary N) is 7. The molecule has 14 N–H and O–H groups in total. The highest BCUT2D eigenvalue weighted by Crippen LogP contribution is 2.22. The third kappa shape index (κ3) is 26.1. The highest BCUT2D eigenvalue weighted by molar-refractivity contribution is 5.98. The molecule has 0 bridgehead atoms. The summed E-state index contributed by atoms with van der Waals surface area (Å²) >= 11 is 0. The predicted molar refractivity (Wildman–Crippen MR) is 240 cm³/mol. The van der Waals surface area contributed by atoms with E-state index in [1.54, 1.807) is 0 Å². The Labute approximate surface area is 416 Å². The summed E-state index contributed by atoms with van der Waals surface area (Å²) in [5.41, 5.74) is 8.57. The fourth-order valence-electron chi connectivity index (χ4n) is 6.25. The minimum Gasteiger partial charge on any atom is -0.711 e. The zero-order valence-corrected chi connectivity index (χ0v) is 40.2. The van der Waals surface area contributed by atoms with Crippen molar-refractivity contribution in [1.82, 2.24) is 37.2 Å². The molecule has 1 rings (SSSR count). The highest BCUT2D eigenvalue weighted by Gasteiger charge is 2.47. The van der Waals surface area contributed by atoms with Crippen LogP contribution in [0.4, 0.5) is 0 Å². The van der Waals surface area contributed by atoms with Crippen LogP contribution in [0, 0.1) is 5.92 Å². The van der Waals surface area contributed by atoms with Gasteiger partial charge in [-0.25, -0.2) is 0 Å². The molecule has 0 aromatic carbocycles. The number of carbonyl (C=O) groups excluding carboxylic acids is 7. The second-order valence-electron chi connectivity index (χ2n) is 16.3. The Morgan fingerprint density at radius 2 is 1.04 bits per heavy atom. The van der Waals surface area contributed by atoms with Crippen LogP contribution in [0.1, 0.15) is 52.9 Å². The zero-order chi connectivity index (χ0) is 55.2. The molecule has 0 radical (unpaired) electrons. The molecule has 32 heteroatoms. The SMILES string of the molecule is CC(C)[C@H](NC(=O)[C@H](CCC(=O)O)NC(=O)[C@H](CC(=O)O)NC(=O)C1OC(CNC(=O)CN=[N-])C(O)C(O)C1O)C(=O)N[C@@H](CC(=O)O)C(=O)N[C@@H](C)C(=O)NCCOCCOCCOCCOCCC(=O)O. The smallest absolute Gasteiger partial charge is 0.305 e. The van der Waals surface area contributed by atoms with Crippen LogP contribution in [0.2, 0.25) is 0 Å². The fraction of sp³-hybridized carbons (Fsp3) is 0.732. The third-order valence-corrected chi connectivity index (χ3v) is 10.1. The van der Waals surface area contributed by atoms with Crippen LogP contribution in [0.25, 0.3) is 5.53 Å². The van der Waals surface area contributed by atoms with Gasteiger partial charge in [0.2, 0.25) is 35.4 Å². The first kappa shape index (κ1) is 64.5. The van der Waals surface area contributed by atoms with Gasteiger partial charge in [0.05, 0.1) is 78.7 Å². The largest absolute Gasteiger partial charge is 0.711 e. The second-order valence-corrected chi connectivity index (χ2v) is 16.3. The molecule has 73 heavy (non-hydrogen) atoms. The molecule has 1 saturated heterocycles. The summed E-state index contributed by atoms with van der Waals surface area (Å²) in [6, 6.07) is -8.71. The molecule has 10 atom stereocenters. The van der Waals surface area contributed by atoms with E-state index in [2.05, 4.69) is 37.0 Å². The molecular weight excluding hydrogens is 986 g/mol. The maximum atomic E-state index is 13.7. The van der Waals surface area contributed by atoms with Gasteiger partial charge in [-0.1, -0.05) is 13.8 Å². The number of ether oxygens (including phenoxy) is 5. The lowest BCUT2D eigenvalue weighted by Gasteiger charge is -2.40. The molecule has 0 spiro atoms. The number of carbonyl (C=O) groups is 11. The molecule has 5 unspecified atom stereocenters. The topological polar surface area (TPSA) is 494 Å². The van der Waals surface area contributed by atoms with Crippen LogP contribution in [0.5, 0.6) is 0 Å². The number of carboxylic acids is 4. The van der Waals surface area contributed by atoms with Crippen molar-refractivity contribution in [2.24, 2.45) is 11.0 Å². The van der Waals surface area contributed by atoms with E-state index in [4.69, 9.17) is 34.3 Å². The monoisotopic (exact) mass is 1050 g/mol. The quantitative estimate of drug-likeness (QED) is 0.0202. The Hall–Kier alpha value is -6.55. The Morgan fingerprint density at radius 1 is 0.548 bits per heavy atom.